The van der Waals surface area contributed by atoms with Crippen LogP contribution >= 0.6 is 0 Å². The number of aryl methyl sites for hydroxylation is 1. The highest BCUT2D eigenvalue weighted by molar-refractivity contribution is 5.44. The lowest BCUT2D eigenvalue weighted by Crippen LogP contribution is -2.11. The Labute approximate surface area is 110 Å². The highest BCUT2D eigenvalue weighted by Gasteiger charge is 1.94. The minimum atomic E-state index is 0.659. The largest absolute Gasteiger partial charge is 0.383 e. The highest BCUT2D eigenvalue weighted by Crippen LogP contribution is 2.11. The minimum Gasteiger partial charge on any atom is -0.383 e. The Morgan fingerprint density at radius 2 is 1.83 bits per heavy atom. The molecular formula is C15H25NO2. The topological polar surface area (TPSA) is 30.5 Å². The monoisotopic (exact) mass is 251 g/mol. The predicted molar refractivity (Wildman–Crippen MR) is 76.2 cm³/mol. The van der Waals surface area contributed by atoms with E-state index in [9.17, 15) is 0 Å². The Hall–Kier alpha value is -1.06. The smallest absolute Gasteiger partial charge is 0.0701 e. The zero-order valence-corrected chi connectivity index (χ0v) is 11.6. The molecule has 0 radical (unpaired) electrons. The summed E-state index contributed by atoms with van der Waals surface area (Å²) in [5.41, 5.74) is 2.57. The number of rotatable bonds is 10. The van der Waals surface area contributed by atoms with E-state index in [1.54, 1.807) is 7.11 Å². The maximum atomic E-state index is 5.39. The van der Waals surface area contributed by atoms with Crippen LogP contribution in [-0.2, 0) is 15.9 Å². The van der Waals surface area contributed by atoms with Crippen LogP contribution in [0.5, 0.6) is 0 Å². The van der Waals surface area contributed by atoms with Gasteiger partial charge in [0.2, 0.25) is 0 Å². The molecule has 0 aromatic heterocycles. The van der Waals surface area contributed by atoms with Gasteiger partial charge in [0, 0.05) is 19.3 Å². The molecule has 1 N–H and O–H groups in total. The average molecular weight is 251 g/mol. The lowest BCUT2D eigenvalue weighted by molar-refractivity contribution is 0.0759. The van der Waals surface area contributed by atoms with Gasteiger partial charge in [0.25, 0.3) is 0 Å². The van der Waals surface area contributed by atoms with Crippen LogP contribution in [0.15, 0.2) is 24.3 Å². The molecule has 3 nitrogen and oxygen atoms in total. The zero-order valence-electron chi connectivity index (χ0n) is 11.6. The molecule has 102 valence electrons. The number of benzene rings is 1. The van der Waals surface area contributed by atoms with Crippen molar-refractivity contribution < 1.29 is 9.47 Å². The van der Waals surface area contributed by atoms with Gasteiger partial charge in [-0.3, -0.25) is 0 Å². The van der Waals surface area contributed by atoms with Crippen molar-refractivity contribution in [2.75, 3.05) is 38.8 Å². The normalized spacial score (nSPS) is 10.6. The fraction of sp³-hybridized carbons (Fsp3) is 0.600. The Morgan fingerprint density at radius 1 is 1.06 bits per heavy atom. The second-order valence-electron chi connectivity index (χ2n) is 4.33. The SMILES string of the molecule is CCCCc1ccc(NCCOCCOC)cc1. The number of hydrogen-bond acceptors (Lipinski definition) is 3. The van der Waals surface area contributed by atoms with Crippen LogP contribution in [-0.4, -0.2) is 33.5 Å². The van der Waals surface area contributed by atoms with Gasteiger partial charge in [-0.2, -0.15) is 0 Å². The third-order valence-corrected chi connectivity index (χ3v) is 2.78. The van der Waals surface area contributed by atoms with Crippen molar-refractivity contribution in [3.05, 3.63) is 29.8 Å². The van der Waals surface area contributed by atoms with Crippen molar-refractivity contribution in [3.63, 3.8) is 0 Å². The summed E-state index contributed by atoms with van der Waals surface area (Å²) in [7, 11) is 1.68. The first-order valence-corrected chi connectivity index (χ1v) is 6.76. The molecule has 0 bridgehead atoms. The van der Waals surface area contributed by atoms with Gasteiger partial charge in [0.1, 0.15) is 0 Å². The van der Waals surface area contributed by atoms with Gasteiger partial charge in [0.15, 0.2) is 0 Å². The van der Waals surface area contributed by atoms with Crippen LogP contribution < -0.4 is 5.32 Å². The molecule has 3 heteroatoms. The molecule has 1 aromatic carbocycles. The number of hydrogen-bond donors (Lipinski definition) is 1. The van der Waals surface area contributed by atoms with Gasteiger partial charge in [-0.1, -0.05) is 25.5 Å². The van der Waals surface area contributed by atoms with E-state index in [2.05, 4.69) is 36.5 Å². The van der Waals surface area contributed by atoms with Crippen molar-refractivity contribution in [3.8, 4) is 0 Å². The van der Waals surface area contributed by atoms with Gasteiger partial charge in [-0.05, 0) is 30.5 Å². The second kappa shape index (κ2) is 9.92. The minimum absolute atomic E-state index is 0.659. The van der Waals surface area contributed by atoms with E-state index < -0.39 is 0 Å². The molecule has 0 saturated heterocycles. The van der Waals surface area contributed by atoms with Crippen LogP contribution in [0.25, 0.3) is 0 Å². The van der Waals surface area contributed by atoms with Gasteiger partial charge in [0.05, 0.1) is 19.8 Å². The summed E-state index contributed by atoms with van der Waals surface area (Å²) >= 11 is 0. The quantitative estimate of drug-likeness (QED) is 0.648. The molecule has 0 spiro atoms. The molecule has 0 atom stereocenters. The van der Waals surface area contributed by atoms with E-state index in [0.717, 1.165) is 12.2 Å². The number of unbranched alkanes of at least 4 members (excludes halogenated alkanes) is 1. The van der Waals surface area contributed by atoms with Crippen LogP contribution in [0, 0.1) is 0 Å². The molecule has 0 amide bonds. The summed E-state index contributed by atoms with van der Waals surface area (Å²) in [6.07, 6.45) is 3.69. The number of nitrogens with one attached hydrogen (secondary N) is 1. The van der Waals surface area contributed by atoms with Crippen molar-refractivity contribution in [1.82, 2.24) is 0 Å². The van der Waals surface area contributed by atoms with Gasteiger partial charge >= 0.3 is 0 Å². The van der Waals surface area contributed by atoms with E-state index >= 15 is 0 Å². The van der Waals surface area contributed by atoms with Crippen molar-refractivity contribution >= 4 is 5.69 Å². The fourth-order valence-corrected chi connectivity index (χ4v) is 1.68. The number of ether oxygens (including phenoxy) is 2. The first-order valence-electron chi connectivity index (χ1n) is 6.76. The number of methoxy groups -OCH3 is 1. The van der Waals surface area contributed by atoms with Crippen LogP contribution in [0.2, 0.25) is 0 Å². The number of anilines is 1. The summed E-state index contributed by atoms with van der Waals surface area (Å²) in [4.78, 5) is 0. The summed E-state index contributed by atoms with van der Waals surface area (Å²) < 4.78 is 10.3. The Morgan fingerprint density at radius 3 is 2.50 bits per heavy atom. The first-order chi connectivity index (χ1) is 8.86. The van der Waals surface area contributed by atoms with Crippen LogP contribution in [0.1, 0.15) is 25.3 Å². The molecule has 1 rings (SSSR count). The summed E-state index contributed by atoms with van der Waals surface area (Å²) in [6.45, 7) is 5.08. The van der Waals surface area contributed by atoms with Crippen LogP contribution in [0.4, 0.5) is 5.69 Å². The molecule has 0 unspecified atom stereocenters. The molecule has 18 heavy (non-hydrogen) atoms. The lowest BCUT2D eigenvalue weighted by Gasteiger charge is -2.08. The third-order valence-electron chi connectivity index (χ3n) is 2.78. The first kappa shape index (κ1) is 15.0. The van der Waals surface area contributed by atoms with Crippen molar-refractivity contribution in [2.45, 2.75) is 26.2 Å². The molecule has 0 fully saturated rings. The predicted octanol–water partition coefficient (Wildman–Crippen LogP) is 3.10. The standard InChI is InChI=1S/C15H25NO2/c1-3-4-5-14-6-8-15(9-7-14)16-10-11-18-13-12-17-2/h6-9,16H,3-5,10-13H2,1-2H3. The van der Waals surface area contributed by atoms with Gasteiger partial charge in [-0.25, -0.2) is 0 Å². The van der Waals surface area contributed by atoms with E-state index in [0.29, 0.717) is 19.8 Å². The Balaban J connectivity index is 2.14. The molecule has 0 saturated carbocycles. The van der Waals surface area contributed by atoms with Crippen molar-refractivity contribution in [2.24, 2.45) is 0 Å². The molecule has 0 aliphatic heterocycles. The van der Waals surface area contributed by atoms with E-state index in [4.69, 9.17) is 9.47 Å². The molecule has 0 heterocycles. The van der Waals surface area contributed by atoms with E-state index in [-0.39, 0.29) is 0 Å². The lowest BCUT2D eigenvalue weighted by atomic mass is 10.1. The summed E-state index contributed by atoms with van der Waals surface area (Å²) in [5.74, 6) is 0. The van der Waals surface area contributed by atoms with E-state index in [1.807, 2.05) is 0 Å². The van der Waals surface area contributed by atoms with Crippen molar-refractivity contribution in [1.29, 1.82) is 0 Å². The highest BCUT2D eigenvalue weighted by atomic mass is 16.5. The maximum absolute atomic E-state index is 5.39. The Kier molecular flexibility index (Phi) is 8.26. The molecule has 0 aliphatic rings. The molecule has 0 aliphatic carbocycles. The third kappa shape index (κ3) is 6.62. The molecule has 1 aromatic rings. The summed E-state index contributed by atoms with van der Waals surface area (Å²) in [6, 6.07) is 8.67. The van der Waals surface area contributed by atoms with E-state index in [1.165, 1.54) is 24.8 Å². The Bertz CT molecular complexity index is 298. The maximum Gasteiger partial charge on any atom is 0.0701 e. The fourth-order valence-electron chi connectivity index (χ4n) is 1.68. The molecular weight excluding hydrogens is 226 g/mol. The van der Waals surface area contributed by atoms with Crippen LogP contribution in [0.3, 0.4) is 0 Å². The summed E-state index contributed by atoms with van der Waals surface area (Å²) in [5, 5.41) is 3.34. The average Bonchev–Trinajstić information content (AvgIpc) is 2.42. The second-order valence-corrected chi connectivity index (χ2v) is 4.33. The van der Waals surface area contributed by atoms with Gasteiger partial charge in [-0.15, -0.1) is 0 Å². The van der Waals surface area contributed by atoms with Gasteiger partial charge < -0.3 is 14.8 Å². The zero-order chi connectivity index (χ0) is 13.1.